The van der Waals surface area contributed by atoms with Gasteiger partial charge in [-0.25, -0.2) is 19.6 Å². The predicted molar refractivity (Wildman–Crippen MR) is 226 cm³/mol. The number of carbonyl (C=O) groups excluding carboxylic acids is 4. The molecule has 0 radical (unpaired) electrons. The molecule has 59 heavy (non-hydrogen) atoms. The number of H-pyrrole nitrogens is 2. The summed E-state index contributed by atoms with van der Waals surface area (Å²) in [6, 6.07) is 19.0. The molecule has 2 aromatic heterocycles. The van der Waals surface area contributed by atoms with Gasteiger partial charge in [0, 0.05) is 13.1 Å². The summed E-state index contributed by atoms with van der Waals surface area (Å²) in [5.41, 5.74) is 7.62. The molecule has 3 aromatic carbocycles. The second kappa shape index (κ2) is 17.9. The highest BCUT2D eigenvalue weighted by molar-refractivity contribution is 5.88. The Kier molecular flexibility index (Phi) is 12.5. The van der Waals surface area contributed by atoms with E-state index in [9.17, 15) is 19.2 Å². The number of alkyl carbamates (subject to hydrolysis) is 2. The summed E-state index contributed by atoms with van der Waals surface area (Å²) in [6.45, 7) is 9.45. The quantitative estimate of drug-likeness (QED) is 0.0926. The van der Waals surface area contributed by atoms with E-state index in [-0.39, 0.29) is 29.8 Å². The number of amides is 4. The van der Waals surface area contributed by atoms with E-state index in [1.165, 1.54) is 14.2 Å². The molecule has 14 heteroatoms. The highest BCUT2D eigenvalue weighted by Gasteiger charge is 2.38. The first kappa shape index (κ1) is 41.2. The monoisotopic (exact) mass is 804 g/mol. The summed E-state index contributed by atoms with van der Waals surface area (Å²) in [5, 5.41) is 5.50. The summed E-state index contributed by atoms with van der Waals surface area (Å²) in [6.07, 6.45) is 3.91. The van der Waals surface area contributed by atoms with Crippen molar-refractivity contribution in [3.63, 3.8) is 0 Å². The fraction of sp³-hybridized carbons (Fsp3) is 0.467. The molecule has 0 spiro atoms. The van der Waals surface area contributed by atoms with Gasteiger partial charge >= 0.3 is 12.2 Å². The van der Waals surface area contributed by atoms with Crippen LogP contribution >= 0.6 is 0 Å². The van der Waals surface area contributed by atoms with Crippen LogP contribution in [0.3, 0.4) is 0 Å². The number of imidazole rings is 2. The lowest BCUT2D eigenvalue weighted by molar-refractivity contribution is -0.135. The Morgan fingerprint density at radius 1 is 0.644 bits per heavy atom. The maximum absolute atomic E-state index is 13.8. The van der Waals surface area contributed by atoms with Gasteiger partial charge in [0.15, 0.2) is 0 Å². The minimum absolute atomic E-state index is 0.110. The highest BCUT2D eigenvalue weighted by Crippen LogP contribution is 2.36. The number of aromatic amines is 2. The third kappa shape index (κ3) is 9.21. The summed E-state index contributed by atoms with van der Waals surface area (Å²) in [7, 11) is 2.61. The third-order valence-corrected chi connectivity index (χ3v) is 11.5. The first-order chi connectivity index (χ1) is 28.4. The number of benzene rings is 3. The van der Waals surface area contributed by atoms with Crippen LogP contribution in [0.2, 0.25) is 0 Å². The fourth-order valence-electron chi connectivity index (χ4n) is 8.47. The third-order valence-electron chi connectivity index (χ3n) is 11.5. The number of ether oxygens (including phenoxy) is 2. The van der Waals surface area contributed by atoms with Gasteiger partial charge in [0.25, 0.3) is 0 Å². The molecule has 4 atom stereocenters. The van der Waals surface area contributed by atoms with Crippen LogP contribution in [0.25, 0.3) is 44.3 Å². The van der Waals surface area contributed by atoms with Crippen molar-refractivity contribution in [2.75, 3.05) is 27.3 Å². The number of aromatic nitrogens is 4. The SMILES string of the molecule is COC(=O)N[C@H](CCC(C)C)C(=O)N1CCC[C@H]1c1nc2ccc(-c3ccc(-c4ccc5nc([C@@H]6CCCN6C(=O)[C@@H](CC(C)C)NC(=O)OC)[nH]c5c4)cc3)cc2[nH]1. The van der Waals surface area contributed by atoms with Gasteiger partial charge in [0.2, 0.25) is 11.8 Å². The van der Waals surface area contributed by atoms with Crippen LogP contribution in [-0.4, -0.2) is 93.1 Å². The Labute approximate surface area is 344 Å². The van der Waals surface area contributed by atoms with Gasteiger partial charge in [0.05, 0.1) is 48.4 Å². The van der Waals surface area contributed by atoms with Gasteiger partial charge in [-0.1, -0.05) is 64.1 Å². The molecule has 2 fully saturated rings. The van der Waals surface area contributed by atoms with Gasteiger partial charge in [-0.05, 0) is 103 Å². The van der Waals surface area contributed by atoms with E-state index >= 15 is 0 Å². The molecule has 4 heterocycles. The van der Waals surface area contributed by atoms with Crippen molar-refractivity contribution < 1.29 is 28.7 Å². The van der Waals surface area contributed by atoms with E-state index in [0.29, 0.717) is 31.8 Å². The molecular formula is C45H56N8O6. The first-order valence-corrected chi connectivity index (χ1v) is 20.8. The zero-order valence-corrected chi connectivity index (χ0v) is 34.8. The summed E-state index contributed by atoms with van der Waals surface area (Å²) < 4.78 is 9.63. The first-order valence-electron chi connectivity index (χ1n) is 20.8. The van der Waals surface area contributed by atoms with Crippen molar-refractivity contribution in [2.45, 2.75) is 96.8 Å². The van der Waals surface area contributed by atoms with Gasteiger partial charge in [0.1, 0.15) is 23.7 Å². The maximum Gasteiger partial charge on any atom is 0.407 e. The van der Waals surface area contributed by atoms with Crippen LogP contribution in [-0.2, 0) is 19.1 Å². The average molecular weight is 805 g/mol. The van der Waals surface area contributed by atoms with E-state index in [2.05, 4.69) is 83.0 Å². The standard InChI is InChI=1S/C45H56N8O6/c1-26(2)11-18-34(50-44(56)58-5)42(54)52-21-7-9-38(52)40-46-32-19-16-30(24-35(32)48-40)28-12-14-29(15-13-28)31-17-20-33-36(25-31)49-41(47-33)39-10-8-22-53(39)43(55)37(23-27(3)4)51-45(57)59-6/h12-17,19-20,24-27,34,37-39H,7-11,18,21-23H2,1-6H3,(H,46,48)(H,47,49)(H,50,56)(H,51,57)/t34-,37-,38+,39+/m1/s1. The number of rotatable bonds is 13. The fourth-order valence-corrected chi connectivity index (χ4v) is 8.47. The largest absolute Gasteiger partial charge is 0.453 e. The number of methoxy groups -OCH3 is 2. The molecule has 2 aliphatic rings. The van der Waals surface area contributed by atoms with Crippen LogP contribution in [0.5, 0.6) is 0 Å². The second-order valence-corrected chi connectivity index (χ2v) is 16.6. The Bertz CT molecular complexity index is 2300. The molecule has 5 aromatic rings. The van der Waals surface area contributed by atoms with Gasteiger partial charge in [-0.15, -0.1) is 0 Å². The summed E-state index contributed by atoms with van der Waals surface area (Å²) >= 11 is 0. The molecule has 312 valence electrons. The molecule has 0 aliphatic carbocycles. The van der Waals surface area contributed by atoms with Gasteiger partial charge in [-0.3, -0.25) is 9.59 Å². The molecule has 7 rings (SSSR count). The van der Waals surface area contributed by atoms with Crippen molar-refractivity contribution in [3.8, 4) is 22.3 Å². The Balaban J connectivity index is 1.05. The van der Waals surface area contributed by atoms with Gasteiger partial charge in [-0.2, -0.15) is 0 Å². The number of fused-ring (bicyclic) bond motifs is 2. The van der Waals surface area contributed by atoms with E-state index in [1.807, 2.05) is 35.8 Å². The van der Waals surface area contributed by atoms with Crippen molar-refractivity contribution in [2.24, 2.45) is 11.8 Å². The number of hydrogen-bond donors (Lipinski definition) is 4. The topological polar surface area (TPSA) is 175 Å². The molecular weight excluding hydrogens is 749 g/mol. The number of nitrogens with one attached hydrogen (secondary N) is 4. The number of nitrogens with zero attached hydrogens (tertiary/aromatic N) is 4. The zero-order chi connectivity index (χ0) is 41.8. The summed E-state index contributed by atoms with van der Waals surface area (Å²) in [4.78, 5) is 72.2. The van der Waals surface area contributed by atoms with E-state index in [0.717, 1.165) is 88.1 Å². The lowest BCUT2D eigenvalue weighted by Gasteiger charge is -2.29. The van der Waals surface area contributed by atoms with E-state index in [1.54, 1.807) is 0 Å². The number of carbonyl (C=O) groups is 4. The van der Waals surface area contributed by atoms with Gasteiger partial charge < -0.3 is 39.9 Å². The summed E-state index contributed by atoms with van der Waals surface area (Å²) in [5.74, 6) is 1.86. The van der Waals surface area contributed by atoms with Crippen LogP contribution in [0.1, 0.15) is 96.4 Å². The molecule has 4 amide bonds. The van der Waals surface area contributed by atoms with Crippen LogP contribution in [0.4, 0.5) is 9.59 Å². The molecule has 2 aliphatic heterocycles. The van der Waals surface area contributed by atoms with Crippen molar-refractivity contribution in [1.82, 2.24) is 40.4 Å². The number of hydrogen-bond acceptors (Lipinski definition) is 8. The smallest absolute Gasteiger partial charge is 0.407 e. The van der Waals surface area contributed by atoms with Crippen molar-refractivity contribution in [3.05, 3.63) is 72.3 Å². The molecule has 2 saturated heterocycles. The Hall–Kier alpha value is -5.92. The van der Waals surface area contributed by atoms with E-state index in [4.69, 9.17) is 19.4 Å². The molecule has 4 N–H and O–H groups in total. The molecule has 0 saturated carbocycles. The normalized spacial score (nSPS) is 17.8. The van der Waals surface area contributed by atoms with Crippen LogP contribution in [0.15, 0.2) is 60.7 Å². The Morgan fingerprint density at radius 2 is 1.08 bits per heavy atom. The lowest BCUT2D eigenvalue weighted by Crippen LogP contribution is -2.49. The highest BCUT2D eigenvalue weighted by atomic mass is 16.5. The minimum atomic E-state index is -0.669. The van der Waals surface area contributed by atoms with Crippen molar-refractivity contribution in [1.29, 1.82) is 0 Å². The van der Waals surface area contributed by atoms with Crippen molar-refractivity contribution >= 4 is 46.1 Å². The number of likely N-dealkylation sites (tertiary alicyclic amines) is 2. The molecule has 0 bridgehead atoms. The van der Waals surface area contributed by atoms with Crippen LogP contribution in [0, 0.1) is 11.8 Å². The van der Waals surface area contributed by atoms with Crippen LogP contribution < -0.4 is 10.6 Å². The lowest BCUT2D eigenvalue weighted by atomic mass is 10.00. The average Bonchev–Trinajstić information content (AvgIpc) is 4.06. The molecule has 0 unspecified atom stereocenters. The second-order valence-electron chi connectivity index (χ2n) is 16.6. The Morgan fingerprint density at radius 3 is 1.53 bits per heavy atom. The van der Waals surface area contributed by atoms with E-state index < -0.39 is 24.3 Å². The molecule has 14 nitrogen and oxygen atoms in total. The predicted octanol–water partition coefficient (Wildman–Crippen LogP) is 8.03. The minimum Gasteiger partial charge on any atom is -0.453 e. The maximum atomic E-state index is 13.8. The zero-order valence-electron chi connectivity index (χ0n) is 34.8.